The lowest BCUT2D eigenvalue weighted by Crippen LogP contribution is -2.25. The van der Waals surface area contributed by atoms with Gasteiger partial charge in [0.1, 0.15) is 0 Å². The van der Waals surface area contributed by atoms with E-state index in [4.69, 9.17) is 10.5 Å². The summed E-state index contributed by atoms with van der Waals surface area (Å²) in [5, 5.41) is 3.51. The Labute approximate surface area is 106 Å². The molecule has 1 rings (SSSR count). The minimum atomic E-state index is 0.517. The van der Waals surface area contributed by atoms with Crippen LogP contribution in [0.1, 0.15) is 46.0 Å². The van der Waals surface area contributed by atoms with Crippen LogP contribution in [0.2, 0.25) is 0 Å². The van der Waals surface area contributed by atoms with Crippen LogP contribution in [0.4, 0.5) is 0 Å². The van der Waals surface area contributed by atoms with Gasteiger partial charge in [-0.1, -0.05) is 13.8 Å². The van der Waals surface area contributed by atoms with Gasteiger partial charge in [-0.2, -0.15) is 0 Å². The van der Waals surface area contributed by atoms with Crippen LogP contribution in [-0.4, -0.2) is 32.3 Å². The SMILES string of the molecule is CC(C)CC(CN)CCNCCC1CCCO1. The molecule has 102 valence electrons. The summed E-state index contributed by atoms with van der Waals surface area (Å²) in [6, 6.07) is 0. The quantitative estimate of drug-likeness (QED) is 0.609. The molecule has 0 spiro atoms. The van der Waals surface area contributed by atoms with Crippen LogP contribution in [0, 0.1) is 11.8 Å². The van der Waals surface area contributed by atoms with E-state index in [1.165, 1.54) is 25.7 Å². The van der Waals surface area contributed by atoms with E-state index in [9.17, 15) is 0 Å². The summed E-state index contributed by atoms with van der Waals surface area (Å²) < 4.78 is 5.59. The van der Waals surface area contributed by atoms with Crippen LogP contribution in [0.5, 0.6) is 0 Å². The Hall–Kier alpha value is -0.120. The van der Waals surface area contributed by atoms with Crippen molar-refractivity contribution in [1.82, 2.24) is 5.32 Å². The van der Waals surface area contributed by atoms with Gasteiger partial charge in [0, 0.05) is 6.61 Å². The number of ether oxygens (including phenoxy) is 1. The van der Waals surface area contributed by atoms with E-state index in [1.807, 2.05) is 0 Å². The number of rotatable bonds is 9. The second-order valence-corrected chi connectivity index (χ2v) is 5.69. The van der Waals surface area contributed by atoms with Gasteiger partial charge in [-0.05, 0) is 63.6 Å². The molecular formula is C14H30N2O. The number of hydrogen-bond donors (Lipinski definition) is 2. The van der Waals surface area contributed by atoms with Gasteiger partial charge >= 0.3 is 0 Å². The van der Waals surface area contributed by atoms with Crippen molar-refractivity contribution in [1.29, 1.82) is 0 Å². The lowest BCUT2D eigenvalue weighted by atomic mass is 9.94. The van der Waals surface area contributed by atoms with Crippen LogP contribution < -0.4 is 11.1 Å². The maximum Gasteiger partial charge on any atom is 0.0588 e. The summed E-state index contributed by atoms with van der Waals surface area (Å²) in [7, 11) is 0. The van der Waals surface area contributed by atoms with Crippen LogP contribution >= 0.6 is 0 Å². The Morgan fingerprint density at radius 3 is 2.76 bits per heavy atom. The van der Waals surface area contributed by atoms with E-state index < -0.39 is 0 Å². The van der Waals surface area contributed by atoms with Crippen molar-refractivity contribution >= 4 is 0 Å². The van der Waals surface area contributed by atoms with Gasteiger partial charge in [0.05, 0.1) is 6.10 Å². The van der Waals surface area contributed by atoms with Crippen LogP contribution in [0.3, 0.4) is 0 Å². The molecule has 1 heterocycles. The average Bonchev–Trinajstić information content (AvgIpc) is 2.79. The van der Waals surface area contributed by atoms with Crippen molar-refractivity contribution in [2.45, 2.75) is 52.1 Å². The predicted molar refractivity (Wildman–Crippen MR) is 73.1 cm³/mol. The maximum absolute atomic E-state index is 5.79. The second-order valence-electron chi connectivity index (χ2n) is 5.69. The standard InChI is InChI=1S/C14H30N2O/c1-12(2)10-13(11-15)5-7-16-8-6-14-4-3-9-17-14/h12-14,16H,3-11,15H2,1-2H3. The van der Waals surface area contributed by atoms with Crippen LogP contribution in [0.25, 0.3) is 0 Å². The molecule has 1 aliphatic heterocycles. The molecule has 0 saturated carbocycles. The molecule has 0 aromatic rings. The van der Waals surface area contributed by atoms with E-state index in [0.29, 0.717) is 12.0 Å². The van der Waals surface area contributed by atoms with Gasteiger partial charge in [0.25, 0.3) is 0 Å². The molecule has 0 amide bonds. The highest BCUT2D eigenvalue weighted by Gasteiger charge is 2.14. The van der Waals surface area contributed by atoms with Crippen molar-refractivity contribution in [3.63, 3.8) is 0 Å². The highest BCUT2D eigenvalue weighted by Crippen LogP contribution is 2.15. The Bertz CT molecular complexity index is 179. The van der Waals surface area contributed by atoms with Crippen molar-refractivity contribution in [2.24, 2.45) is 17.6 Å². The minimum absolute atomic E-state index is 0.517. The fraction of sp³-hybridized carbons (Fsp3) is 1.00. The first kappa shape index (κ1) is 14.9. The van der Waals surface area contributed by atoms with Crippen molar-refractivity contribution in [3.8, 4) is 0 Å². The molecule has 0 bridgehead atoms. The third-order valence-electron chi connectivity index (χ3n) is 3.53. The summed E-state index contributed by atoms with van der Waals surface area (Å²) in [5.41, 5.74) is 5.79. The molecule has 2 atom stereocenters. The molecule has 3 N–H and O–H groups in total. The Kier molecular flexibility index (Phi) is 7.82. The molecule has 0 aromatic heterocycles. The van der Waals surface area contributed by atoms with Gasteiger partial charge < -0.3 is 15.8 Å². The summed E-state index contributed by atoms with van der Waals surface area (Å²) in [6.45, 7) is 8.52. The third kappa shape index (κ3) is 7.02. The first-order chi connectivity index (χ1) is 8.22. The topological polar surface area (TPSA) is 47.3 Å². The van der Waals surface area contributed by atoms with Gasteiger partial charge in [0.2, 0.25) is 0 Å². The van der Waals surface area contributed by atoms with Gasteiger partial charge in [-0.25, -0.2) is 0 Å². The molecule has 17 heavy (non-hydrogen) atoms. The molecule has 2 unspecified atom stereocenters. The Balaban J connectivity index is 1.94. The first-order valence-electron chi connectivity index (χ1n) is 7.24. The molecular weight excluding hydrogens is 212 g/mol. The summed E-state index contributed by atoms with van der Waals surface area (Å²) in [5.74, 6) is 1.45. The lowest BCUT2D eigenvalue weighted by Gasteiger charge is -2.17. The van der Waals surface area contributed by atoms with E-state index in [2.05, 4.69) is 19.2 Å². The molecule has 0 aliphatic carbocycles. The molecule has 1 aliphatic rings. The molecule has 1 fully saturated rings. The molecule has 0 aromatic carbocycles. The van der Waals surface area contributed by atoms with Gasteiger partial charge in [-0.3, -0.25) is 0 Å². The third-order valence-corrected chi connectivity index (χ3v) is 3.53. The van der Waals surface area contributed by atoms with Gasteiger partial charge in [0.15, 0.2) is 0 Å². The molecule has 1 saturated heterocycles. The maximum atomic E-state index is 5.79. The fourth-order valence-electron chi connectivity index (χ4n) is 2.56. The van der Waals surface area contributed by atoms with Crippen molar-refractivity contribution in [2.75, 3.05) is 26.2 Å². The van der Waals surface area contributed by atoms with Crippen LogP contribution in [-0.2, 0) is 4.74 Å². The Morgan fingerprint density at radius 2 is 2.18 bits per heavy atom. The van der Waals surface area contributed by atoms with E-state index in [0.717, 1.165) is 38.6 Å². The number of hydrogen-bond acceptors (Lipinski definition) is 3. The second kappa shape index (κ2) is 8.90. The van der Waals surface area contributed by atoms with Crippen LogP contribution in [0.15, 0.2) is 0 Å². The van der Waals surface area contributed by atoms with E-state index >= 15 is 0 Å². The monoisotopic (exact) mass is 242 g/mol. The zero-order valence-corrected chi connectivity index (χ0v) is 11.6. The lowest BCUT2D eigenvalue weighted by molar-refractivity contribution is 0.104. The summed E-state index contributed by atoms with van der Waals surface area (Å²) in [6.07, 6.45) is 6.64. The number of nitrogens with two attached hydrogens (primary N) is 1. The predicted octanol–water partition coefficient (Wildman–Crippen LogP) is 2.16. The van der Waals surface area contributed by atoms with E-state index in [1.54, 1.807) is 0 Å². The van der Waals surface area contributed by atoms with E-state index in [-0.39, 0.29) is 0 Å². The minimum Gasteiger partial charge on any atom is -0.378 e. The first-order valence-corrected chi connectivity index (χ1v) is 7.24. The zero-order chi connectivity index (χ0) is 12.5. The normalized spacial score (nSPS) is 22.2. The number of nitrogens with one attached hydrogen (secondary N) is 1. The molecule has 0 radical (unpaired) electrons. The largest absolute Gasteiger partial charge is 0.378 e. The fourth-order valence-corrected chi connectivity index (χ4v) is 2.56. The summed E-state index contributed by atoms with van der Waals surface area (Å²) >= 11 is 0. The van der Waals surface area contributed by atoms with Gasteiger partial charge in [-0.15, -0.1) is 0 Å². The van der Waals surface area contributed by atoms with Crippen molar-refractivity contribution < 1.29 is 4.74 Å². The summed E-state index contributed by atoms with van der Waals surface area (Å²) in [4.78, 5) is 0. The Morgan fingerprint density at radius 1 is 1.35 bits per heavy atom. The smallest absolute Gasteiger partial charge is 0.0588 e. The molecule has 3 nitrogen and oxygen atoms in total. The highest BCUT2D eigenvalue weighted by molar-refractivity contribution is 4.67. The average molecular weight is 242 g/mol. The highest BCUT2D eigenvalue weighted by atomic mass is 16.5. The zero-order valence-electron chi connectivity index (χ0n) is 11.6. The van der Waals surface area contributed by atoms with Crippen molar-refractivity contribution in [3.05, 3.63) is 0 Å². The molecule has 3 heteroatoms.